The van der Waals surface area contributed by atoms with Crippen LogP contribution in [0.15, 0.2) is 59.3 Å². The first-order valence-corrected chi connectivity index (χ1v) is 10.5. The van der Waals surface area contributed by atoms with Crippen molar-refractivity contribution in [3.05, 3.63) is 64.9 Å². The number of aromatic nitrogens is 2. The molecule has 28 heavy (non-hydrogen) atoms. The number of rotatable bonds is 4. The maximum Gasteiger partial charge on any atom is 0.410 e. The molecule has 2 aromatic heterocycles. The maximum absolute atomic E-state index is 12.4. The Morgan fingerprint density at radius 1 is 1.18 bits per heavy atom. The Bertz CT molecular complexity index is 941. The Morgan fingerprint density at radius 2 is 2.04 bits per heavy atom. The molecule has 0 bridgehead atoms. The summed E-state index contributed by atoms with van der Waals surface area (Å²) in [6.45, 7) is 2.78. The summed E-state index contributed by atoms with van der Waals surface area (Å²) in [5, 5.41) is 1.15. The minimum atomic E-state index is -0.206. The van der Waals surface area contributed by atoms with Crippen molar-refractivity contribution in [3.63, 3.8) is 0 Å². The first kappa shape index (κ1) is 19.0. The molecule has 4 rings (SSSR count). The van der Waals surface area contributed by atoms with Crippen LogP contribution >= 0.6 is 15.9 Å². The van der Waals surface area contributed by atoms with Crippen molar-refractivity contribution in [1.29, 1.82) is 0 Å². The minimum Gasteiger partial charge on any atom is -0.445 e. The molecule has 1 aliphatic rings. The Labute approximate surface area is 173 Å². The summed E-state index contributed by atoms with van der Waals surface area (Å²) < 4.78 is 8.73. The van der Waals surface area contributed by atoms with E-state index in [9.17, 15) is 4.79 Å². The van der Waals surface area contributed by atoms with Gasteiger partial charge in [0.25, 0.3) is 0 Å². The topological polar surface area (TPSA) is 47.4 Å². The average molecular weight is 442 g/mol. The molecular weight excluding hydrogens is 418 g/mol. The number of carbonyl (C=O) groups excluding carboxylic acids is 1. The summed E-state index contributed by atoms with van der Waals surface area (Å²) in [7, 11) is 0. The molecule has 1 amide bonds. The Morgan fingerprint density at radius 3 is 2.89 bits per heavy atom. The van der Waals surface area contributed by atoms with Crippen LogP contribution in [0.25, 0.3) is 11.0 Å². The second-order valence-corrected chi connectivity index (χ2v) is 8.27. The smallest absolute Gasteiger partial charge is 0.410 e. The van der Waals surface area contributed by atoms with Crippen molar-refractivity contribution in [2.45, 2.75) is 32.4 Å². The molecule has 3 heterocycles. The van der Waals surface area contributed by atoms with E-state index in [1.165, 1.54) is 0 Å². The molecule has 0 N–H and O–H groups in total. The molecule has 3 aromatic rings. The third-order valence-electron chi connectivity index (χ3n) is 5.33. The van der Waals surface area contributed by atoms with Crippen LogP contribution in [0.3, 0.4) is 0 Å². The van der Waals surface area contributed by atoms with E-state index in [1.807, 2.05) is 41.4 Å². The third-order valence-corrected chi connectivity index (χ3v) is 5.77. The lowest BCUT2D eigenvalue weighted by molar-refractivity contribution is 0.0970. The first-order chi connectivity index (χ1) is 13.7. The molecule has 0 aliphatic carbocycles. The van der Waals surface area contributed by atoms with Gasteiger partial charge in [0.2, 0.25) is 0 Å². The molecule has 146 valence electrons. The van der Waals surface area contributed by atoms with E-state index >= 15 is 0 Å². The number of pyridine rings is 1. The molecule has 5 nitrogen and oxygen atoms in total. The molecule has 1 aromatic carbocycles. The molecule has 6 heteroatoms. The zero-order valence-electron chi connectivity index (χ0n) is 15.8. The Hall–Kier alpha value is -2.34. The fraction of sp³-hybridized carbons (Fsp3) is 0.364. The van der Waals surface area contributed by atoms with Gasteiger partial charge in [-0.15, -0.1) is 0 Å². The zero-order chi connectivity index (χ0) is 19.3. The highest BCUT2D eigenvalue weighted by molar-refractivity contribution is 9.10. The van der Waals surface area contributed by atoms with Gasteiger partial charge in [-0.1, -0.05) is 30.3 Å². The van der Waals surface area contributed by atoms with E-state index in [2.05, 4.69) is 43.8 Å². The fourth-order valence-corrected chi connectivity index (χ4v) is 4.17. The van der Waals surface area contributed by atoms with Gasteiger partial charge >= 0.3 is 6.09 Å². The van der Waals surface area contributed by atoms with Crippen LogP contribution in [0.4, 0.5) is 4.79 Å². The molecule has 1 fully saturated rings. The number of hydrogen-bond acceptors (Lipinski definition) is 3. The standard InChI is InChI=1S/C22H24BrN3O2/c23-20-13-19-9-12-26(21(19)24-14-20)15-17-7-4-10-25(11-8-17)22(27)28-16-18-5-2-1-3-6-18/h1-3,5-6,9,12-14,17H,4,7-8,10-11,15-16H2. The first-order valence-electron chi connectivity index (χ1n) is 9.75. The van der Waals surface area contributed by atoms with Gasteiger partial charge in [-0.05, 0) is 58.8 Å². The molecule has 0 spiro atoms. The predicted molar refractivity (Wildman–Crippen MR) is 113 cm³/mol. The van der Waals surface area contributed by atoms with Crippen molar-refractivity contribution in [2.24, 2.45) is 5.92 Å². The van der Waals surface area contributed by atoms with E-state index in [0.29, 0.717) is 12.5 Å². The molecule has 0 radical (unpaired) electrons. The van der Waals surface area contributed by atoms with Crippen molar-refractivity contribution in [3.8, 4) is 0 Å². The van der Waals surface area contributed by atoms with Crippen LogP contribution < -0.4 is 0 Å². The van der Waals surface area contributed by atoms with Gasteiger partial charge in [0.05, 0.1) is 0 Å². The van der Waals surface area contributed by atoms with Crippen LogP contribution in [0.2, 0.25) is 0 Å². The number of likely N-dealkylation sites (tertiary alicyclic amines) is 1. The van der Waals surface area contributed by atoms with E-state index in [-0.39, 0.29) is 6.09 Å². The van der Waals surface area contributed by atoms with Gasteiger partial charge in [-0.2, -0.15) is 0 Å². The van der Waals surface area contributed by atoms with Crippen LogP contribution in [0.1, 0.15) is 24.8 Å². The summed E-state index contributed by atoms with van der Waals surface area (Å²) >= 11 is 3.48. The predicted octanol–water partition coefficient (Wildman–Crippen LogP) is 5.24. The molecule has 1 aliphatic heterocycles. The lowest BCUT2D eigenvalue weighted by atomic mass is 10.0. The summed E-state index contributed by atoms with van der Waals surface area (Å²) in [6.07, 6.45) is 6.85. The van der Waals surface area contributed by atoms with Gasteiger partial charge in [0, 0.05) is 41.9 Å². The largest absolute Gasteiger partial charge is 0.445 e. The SMILES string of the molecule is O=C(OCc1ccccc1)N1CCCC(Cn2ccc3cc(Br)cnc32)CC1. The van der Waals surface area contributed by atoms with Gasteiger partial charge in [0.1, 0.15) is 12.3 Å². The van der Waals surface area contributed by atoms with Crippen molar-refractivity contribution >= 4 is 33.1 Å². The fourth-order valence-electron chi connectivity index (χ4n) is 3.82. The molecule has 1 unspecified atom stereocenters. The summed E-state index contributed by atoms with van der Waals surface area (Å²) in [5.74, 6) is 0.535. The van der Waals surface area contributed by atoms with Crippen molar-refractivity contribution in [1.82, 2.24) is 14.5 Å². The number of carbonyl (C=O) groups is 1. The van der Waals surface area contributed by atoms with Gasteiger partial charge in [0.15, 0.2) is 0 Å². The Kier molecular flexibility index (Phi) is 5.95. The highest BCUT2D eigenvalue weighted by atomic mass is 79.9. The monoisotopic (exact) mass is 441 g/mol. The Balaban J connectivity index is 1.32. The number of hydrogen-bond donors (Lipinski definition) is 0. The normalized spacial score (nSPS) is 17.5. The summed E-state index contributed by atoms with van der Waals surface area (Å²) in [5.41, 5.74) is 2.04. The number of nitrogens with zero attached hydrogens (tertiary/aromatic N) is 3. The molecule has 1 atom stereocenters. The minimum absolute atomic E-state index is 0.206. The van der Waals surface area contributed by atoms with Crippen molar-refractivity contribution in [2.75, 3.05) is 13.1 Å². The number of halogens is 1. The number of fused-ring (bicyclic) bond motifs is 1. The zero-order valence-corrected chi connectivity index (χ0v) is 17.3. The number of ether oxygens (including phenoxy) is 1. The molecule has 1 saturated heterocycles. The number of amides is 1. The van der Waals surface area contributed by atoms with E-state index in [0.717, 1.165) is 60.0 Å². The second-order valence-electron chi connectivity index (χ2n) is 7.36. The third kappa shape index (κ3) is 4.55. The number of benzene rings is 1. The van der Waals surface area contributed by atoms with E-state index < -0.39 is 0 Å². The maximum atomic E-state index is 12.4. The molecular formula is C22H24BrN3O2. The van der Waals surface area contributed by atoms with Crippen LogP contribution in [-0.2, 0) is 17.9 Å². The van der Waals surface area contributed by atoms with Gasteiger partial charge in [-0.25, -0.2) is 9.78 Å². The van der Waals surface area contributed by atoms with Gasteiger partial charge < -0.3 is 14.2 Å². The molecule has 0 saturated carbocycles. The highest BCUT2D eigenvalue weighted by Crippen LogP contribution is 2.24. The van der Waals surface area contributed by atoms with Crippen LogP contribution in [-0.4, -0.2) is 33.6 Å². The average Bonchev–Trinajstić information content (AvgIpc) is 2.94. The summed E-state index contributed by atoms with van der Waals surface area (Å²) in [6, 6.07) is 14.0. The lowest BCUT2D eigenvalue weighted by Crippen LogP contribution is -2.32. The second kappa shape index (κ2) is 8.78. The van der Waals surface area contributed by atoms with E-state index in [1.54, 1.807) is 0 Å². The lowest BCUT2D eigenvalue weighted by Gasteiger charge is -2.20. The summed E-state index contributed by atoms with van der Waals surface area (Å²) in [4.78, 5) is 18.8. The van der Waals surface area contributed by atoms with Gasteiger partial charge in [-0.3, -0.25) is 0 Å². The van der Waals surface area contributed by atoms with Crippen LogP contribution in [0, 0.1) is 5.92 Å². The van der Waals surface area contributed by atoms with Crippen LogP contribution in [0.5, 0.6) is 0 Å². The highest BCUT2D eigenvalue weighted by Gasteiger charge is 2.22. The quantitative estimate of drug-likeness (QED) is 0.556. The van der Waals surface area contributed by atoms with Crippen molar-refractivity contribution < 1.29 is 9.53 Å². The van der Waals surface area contributed by atoms with E-state index in [4.69, 9.17) is 4.74 Å².